The van der Waals surface area contributed by atoms with E-state index in [0.29, 0.717) is 17.9 Å². The van der Waals surface area contributed by atoms with E-state index in [1.165, 1.54) is 19.3 Å². The highest BCUT2D eigenvalue weighted by Gasteiger charge is 2.33. The summed E-state index contributed by atoms with van der Waals surface area (Å²) in [6.07, 6.45) is 4.81. The van der Waals surface area contributed by atoms with Gasteiger partial charge in [-0.2, -0.15) is 0 Å². The van der Waals surface area contributed by atoms with E-state index >= 15 is 0 Å². The van der Waals surface area contributed by atoms with Gasteiger partial charge in [0.1, 0.15) is 0 Å². The van der Waals surface area contributed by atoms with Crippen molar-refractivity contribution in [3.63, 3.8) is 0 Å². The minimum absolute atomic E-state index is 0.0826. The fourth-order valence-corrected chi connectivity index (χ4v) is 2.63. The molecule has 1 unspecified atom stereocenters. The first-order chi connectivity index (χ1) is 7.92. The van der Waals surface area contributed by atoms with Gasteiger partial charge < -0.3 is 10.4 Å². The summed E-state index contributed by atoms with van der Waals surface area (Å²) in [7, 11) is 0. The molecule has 1 atom stereocenters. The lowest BCUT2D eigenvalue weighted by Crippen LogP contribution is -2.28. The second-order valence-corrected chi connectivity index (χ2v) is 5.61. The third-order valence-electron chi connectivity index (χ3n) is 3.86. The molecule has 1 fully saturated rings. The molecule has 1 aliphatic carbocycles. The highest BCUT2D eigenvalue weighted by Crippen LogP contribution is 2.43. The van der Waals surface area contributed by atoms with Crippen LogP contribution in [0.15, 0.2) is 0 Å². The number of hydrogen-bond acceptors (Lipinski definition) is 2. The maximum atomic E-state index is 11.3. The number of hydrogen-bond donors (Lipinski definition) is 2. The smallest absolute Gasteiger partial charge is 0.303 e. The van der Waals surface area contributed by atoms with E-state index < -0.39 is 5.97 Å². The molecule has 0 aromatic heterocycles. The van der Waals surface area contributed by atoms with Crippen LogP contribution in [0, 0.1) is 11.3 Å². The van der Waals surface area contributed by atoms with Crippen LogP contribution in [0.25, 0.3) is 0 Å². The number of carbonyl (C=O) groups excluding carboxylic acids is 1. The molecule has 17 heavy (non-hydrogen) atoms. The summed E-state index contributed by atoms with van der Waals surface area (Å²) in [5.74, 6) is -0.387. The Morgan fingerprint density at radius 1 is 1.35 bits per heavy atom. The van der Waals surface area contributed by atoms with Gasteiger partial charge in [0.05, 0.1) is 6.42 Å². The lowest BCUT2D eigenvalue weighted by molar-refractivity contribution is -0.138. The number of nitrogens with one attached hydrogen (secondary N) is 1. The van der Waals surface area contributed by atoms with E-state index in [0.717, 1.165) is 6.42 Å². The van der Waals surface area contributed by atoms with Crippen molar-refractivity contribution in [2.45, 2.75) is 52.4 Å². The molecule has 0 aromatic rings. The number of carboxylic acid groups (broad SMARTS) is 1. The summed E-state index contributed by atoms with van der Waals surface area (Å²) < 4.78 is 0. The molecule has 4 heteroatoms. The van der Waals surface area contributed by atoms with Crippen LogP contribution in [0.5, 0.6) is 0 Å². The van der Waals surface area contributed by atoms with Crippen molar-refractivity contribution in [2.24, 2.45) is 11.3 Å². The second-order valence-electron chi connectivity index (χ2n) is 5.61. The van der Waals surface area contributed by atoms with Crippen LogP contribution in [0.2, 0.25) is 0 Å². The standard InChI is InChI=1S/C13H23NO3/c1-13(2)8-3-4-10(13)7-9-14-11(15)5-6-12(16)17/h10H,3-9H2,1-2H3,(H,14,15)(H,16,17). The Morgan fingerprint density at radius 2 is 2.06 bits per heavy atom. The summed E-state index contributed by atoms with van der Waals surface area (Å²) in [5.41, 5.74) is 0.395. The Balaban J connectivity index is 2.15. The molecular weight excluding hydrogens is 218 g/mol. The van der Waals surface area contributed by atoms with E-state index in [2.05, 4.69) is 19.2 Å². The first-order valence-corrected chi connectivity index (χ1v) is 6.40. The summed E-state index contributed by atoms with van der Waals surface area (Å²) >= 11 is 0. The van der Waals surface area contributed by atoms with Gasteiger partial charge in [-0.1, -0.05) is 20.3 Å². The van der Waals surface area contributed by atoms with Crippen LogP contribution in [-0.2, 0) is 9.59 Å². The topological polar surface area (TPSA) is 66.4 Å². The zero-order valence-corrected chi connectivity index (χ0v) is 10.8. The van der Waals surface area contributed by atoms with E-state index in [-0.39, 0.29) is 18.7 Å². The first kappa shape index (κ1) is 14.0. The molecule has 1 saturated carbocycles. The summed E-state index contributed by atoms with van der Waals surface area (Å²) in [6, 6.07) is 0. The van der Waals surface area contributed by atoms with Crippen molar-refractivity contribution in [2.75, 3.05) is 6.54 Å². The molecule has 1 rings (SSSR count). The molecule has 0 bridgehead atoms. The fourth-order valence-electron chi connectivity index (χ4n) is 2.63. The van der Waals surface area contributed by atoms with Crippen LogP contribution in [-0.4, -0.2) is 23.5 Å². The van der Waals surface area contributed by atoms with Gasteiger partial charge in [0.2, 0.25) is 5.91 Å². The maximum absolute atomic E-state index is 11.3. The summed E-state index contributed by atoms with van der Waals surface area (Å²) in [4.78, 5) is 21.6. The van der Waals surface area contributed by atoms with Crippen LogP contribution in [0.4, 0.5) is 0 Å². The first-order valence-electron chi connectivity index (χ1n) is 6.40. The Kier molecular flexibility index (Phi) is 4.97. The van der Waals surface area contributed by atoms with Gasteiger partial charge in [0.15, 0.2) is 0 Å². The SMILES string of the molecule is CC1(C)CCCC1CCNC(=O)CCC(=O)O. The Bertz CT molecular complexity index is 286. The monoisotopic (exact) mass is 241 g/mol. The number of carbonyl (C=O) groups is 2. The maximum Gasteiger partial charge on any atom is 0.303 e. The lowest BCUT2D eigenvalue weighted by Gasteiger charge is -2.26. The molecule has 0 heterocycles. The van der Waals surface area contributed by atoms with Crippen LogP contribution >= 0.6 is 0 Å². The van der Waals surface area contributed by atoms with Crippen LogP contribution < -0.4 is 5.32 Å². The molecule has 0 saturated heterocycles. The van der Waals surface area contributed by atoms with Crippen molar-refractivity contribution in [1.29, 1.82) is 0 Å². The Hall–Kier alpha value is -1.06. The molecule has 1 aliphatic rings. The predicted octanol–water partition coefficient (Wildman–Crippen LogP) is 2.18. The number of carboxylic acids is 1. The lowest BCUT2D eigenvalue weighted by atomic mass is 9.80. The van der Waals surface area contributed by atoms with Crippen molar-refractivity contribution >= 4 is 11.9 Å². The van der Waals surface area contributed by atoms with Gasteiger partial charge >= 0.3 is 5.97 Å². The van der Waals surface area contributed by atoms with Crippen LogP contribution in [0.3, 0.4) is 0 Å². The van der Waals surface area contributed by atoms with E-state index in [1.807, 2.05) is 0 Å². The fraction of sp³-hybridized carbons (Fsp3) is 0.846. The molecule has 0 aliphatic heterocycles. The second kappa shape index (κ2) is 6.03. The van der Waals surface area contributed by atoms with Crippen molar-refractivity contribution in [3.05, 3.63) is 0 Å². The van der Waals surface area contributed by atoms with E-state index in [1.54, 1.807) is 0 Å². The van der Waals surface area contributed by atoms with Gasteiger partial charge in [-0.05, 0) is 30.6 Å². The summed E-state index contributed by atoms with van der Waals surface area (Å²) in [6.45, 7) is 5.25. The Morgan fingerprint density at radius 3 is 2.59 bits per heavy atom. The molecule has 0 aromatic carbocycles. The van der Waals surface area contributed by atoms with E-state index in [9.17, 15) is 9.59 Å². The minimum atomic E-state index is -0.919. The molecule has 4 nitrogen and oxygen atoms in total. The third kappa shape index (κ3) is 4.75. The largest absolute Gasteiger partial charge is 0.481 e. The van der Waals surface area contributed by atoms with Crippen molar-refractivity contribution < 1.29 is 14.7 Å². The van der Waals surface area contributed by atoms with E-state index in [4.69, 9.17) is 5.11 Å². The third-order valence-corrected chi connectivity index (χ3v) is 3.86. The molecule has 98 valence electrons. The van der Waals surface area contributed by atoms with Gasteiger partial charge in [0, 0.05) is 13.0 Å². The normalized spacial score (nSPS) is 22.4. The van der Waals surface area contributed by atoms with Gasteiger partial charge in [-0.25, -0.2) is 0 Å². The zero-order valence-electron chi connectivity index (χ0n) is 10.8. The van der Waals surface area contributed by atoms with Crippen LogP contribution in [0.1, 0.15) is 52.4 Å². The average molecular weight is 241 g/mol. The highest BCUT2D eigenvalue weighted by molar-refractivity contribution is 5.80. The minimum Gasteiger partial charge on any atom is -0.481 e. The number of amides is 1. The highest BCUT2D eigenvalue weighted by atomic mass is 16.4. The molecule has 1 amide bonds. The zero-order chi connectivity index (χ0) is 12.9. The predicted molar refractivity (Wildman–Crippen MR) is 65.6 cm³/mol. The quantitative estimate of drug-likeness (QED) is 0.749. The van der Waals surface area contributed by atoms with Crippen molar-refractivity contribution in [3.8, 4) is 0 Å². The van der Waals surface area contributed by atoms with Gasteiger partial charge in [-0.3, -0.25) is 9.59 Å². The average Bonchev–Trinajstić information content (AvgIpc) is 2.55. The van der Waals surface area contributed by atoms with Gasteiger partial charge in [0.25, 0.3) is 0 Å². The molecule has 0 spiro atoms. The molecular formula is C13H23NO3. The summed E-state index contributed by atoms with van der Waals surface area (Å²) in [5, 5.41) is 11.2. The molecule has 0 radical (unpaired) electrons. The van der Waals surface area contributed by atoms with Gasteiger partial charge in [-0.15, -0.1) is 0 Å². The number of aliphatic carboxylic acids is 1. The number of rotatable bonds is 6. The molecule has 2 N–H and O–H groups in total. The van der Waals surface area contributed by atoms with Crippen molar-refractivity contribution in [1.82, 2.24) is 5.32 Å². The Labute approximate surface area is 103 Å².